The van der Waals surface area contributed by atoms with Crippen LogP contribution in [0.25, 0.3) is 0 Å². The number of allylic oxidation sites excluding steroid dienone is 1. The van der Waals surface area contributed by atoms with Gasteiger partial charge >= 0.3 is 11.9 Å². The lowest BCUT2D eigenvalue weighted by atomic mass is 9.77. The molecule has 1 aromatic rings. The third-order valence-corrected chi connectivity index (χ3v) is 9.87. The van der Waals surface area contributed by atoms with E-state index in [1.807, 2.05) is 25.9 Å². The van der Waals surface area contributed by atoms with E-state index >= 15 is 0 Å². The molecule has 1 aromatic carbocycles. The Kier molecular flexibility index (Phi) is 13.3. The summed E-state index contributed by atoms with van der Waals surface area (Å²) in [4.78, 5) is 56.5. The molecule has 3 rings (SSSR count). The van der Waals surface area contributed by atoms with Gasteiger partial charge in [-0.2, -0.15) is 0 Å². The molecule has 11 heteroatoms. The van der Waals surface area contributed by atoms with Crippen LogP contribution < -0.4 is 0 Å². The Morgan fingerprint density at radius 2 is 1.69 bits per heavy atom. The number of rotatable bonds is 7. The van der Waals surface area contributed by atoms with Crippen LogP contribution in [0.4, 0.5) is 0 Å². The van der Waals surface area contributed by atoms with Gasteiger partial charge in [0.1, 0.15) is 17.6 Å². The molecule has 0 saturated carbocycles. The maximum Gasteiger partial charge on any atom is 0.338 e. The molecule has 48 heavy (non-hydrogen) atoms. The minimum Gasteiger partial charge on any atom is -0.458 e. The van der Waals surface area contributed by atoms with Crippen LogP contribution in [-0.2, 0) is 38.1 Å². The number of nitrogens with zero attached hydrogens (tertiary/aromatic N) is 1. The molecule has 2 aliphatic rings. The summed E-state index contributed by atoms with van der Waals surface area (Å²) in [6.45, 7) is 13.4. The number of carbonyl (C=O) groups excluding carboxylic acids is 4. The molecule has 0 aromatic heterocycles. The molecule has 268 valence electrons. The summed E-state index contributed by atoms with van der Waals surface area (Å²) in [5.41, 5.74) is -2.25. The summed E-state index contributed by atoms with van der Waals surface area (Å²) >= 11 is 0. The quantitative estimate of drug-likeness (QED) is 0.323. The average Bonchev–Trinajstić information content (AvgIpc) is 3.04. The van der Waals surface area contributed by atoms with E-state index in [0.717, 1.165) is 0 Å². The summed E-state index contributed by atoms with van der Waals surface area (Å²) in [7, 11) is 5.24. The fourth-order valence-corrected chi connectivity index (χ4v) is 6.99. The summed E-state index contributed by atoms with van der Waals surface area (Å²) in [5.74, 6) is -4.87. The van der Waals surface area contributed by atoms with Gasteiger partial charge in [-0.3, -0.25) is 14.4 Å². The van der Waals surface area contributed by atoms with Crippen LogP contribution in [0.1, 0.15) is 85.0 Å². The first-order valence-corrected chi connectivity index (χ1v) is 16.9. The van der Waals surface area contributed by atoms with Crippen molar-refractivity contribution >= 4 is 23.5 Å². The Balaban J connectivity index is 2.12. The van der Waals surface area contributed by atoms with Gasteiger partial charge in [0.15, 0.2) is 24.0 Å². The van der Waals surface area contributed by atoms with Crippen LogP contribution in [0.15, 0.2) is 42.0 Å². The zero-order valence-corrected chi connectivity index (χ0v) is 30.4. The lowest BCUT2D eigenvalue weighted by molar-refractivity contribution is -0.294. The summed E-state index contributed by atoms with van der Waals surface area (Å²) < 4.78 is 31.0. The van der Waals surface area contributed by atoms with Crippen molar-refractivity contribution in [2.24, 2.45) is 17.8 Å². The van der Waals surface area contributed by atoms with Crippen molar-refractivity contribution in [2.75, 3.05) is 21.2 Å². The molecule has 0 aliphatic carbocycles. The van der Waals surface area contributed by atoms with Gasteiger partial charge in [-0.25, -0.2) is 4.79 Å². The summed E-state index contributed by atoms with van der Waals surface area (Å²) in [6, 6.07) is 8.31. The molecule has 0 unspecified atom stereocenters. The predicted molar refractivity (Wildman–Crippen MR) is 179 cm³/mol. The number of ketones is 2. The number of methoxy groups -OCH3 is 1. The van der Waals surface area contributed by atoms with Gasteiger partial charge in [0.25, 0.3) is 0 Å². The molecule has 2 heterocycles. The highest BCUT2D eigenvalue weighted by Crippen LogP contribution is 2.38. The van der Waals surface area contributed by atoms with E-state index in [-0.39, 0.29) is 30.8 Å². The highest BCUT2D eigenvalue weighted by Gasteiger charge is 2.51. The van der Waals surface area contributed by atoms with E-state index in [1.165, 1.54) is 27.0 Å². The number of ether oxygens (including phenoxy) is 5. The van der Waals surface area contributed by atoms with Crippen molar-refractivity contribution in [1.29, 1.82) is 0 Å². The second-order valence-electron chi connectivity index (χ2n) is 14.2. The lowest BCUT2D eigenvalue weighted by Gasteiger charge is -2.47. The molecule has 11 nitrogen and oxygen atoms in total. The van der Waals surface area contributed by atoms with E-state index < -0.39 is 71.3 Å². The number of hydrogen-bond acceptors (Lipinski definition) is 11. The third kappa shape index (κ3) is 8.98. The minimum absolute atomic E-state index is 0.127. The SMILES string of the molecule is CC[C@@H]1OC(=O)[C@H](C)C(=O)[C@H](C)[C@@H](O[C@@H]2O[C@H](C)C[C@H](N(C)C)[C@H]2OC(=O)c2ccccc2)[C@@](C)(OC)C[C@@H](C)C(=O)/C(C)=C/[C@]1(C)O. The van der Waals surface area contributed by atoms with Gasteiger partial charge in [-0.15, -0.1) is 0 Å². The zero-order chi connectivity index (χ0) is 36.1. The Morgan fingerprint density at radius 1 is 1.06 bits per heavy atom. The Labute approximate surface area is 285 Å². The van der Waals surface area contributed by atoms with Crippen LogP contribution in [0.5, 0.6) is 0 Å². The molecule has 1 N–H and O–H groups in total. The second kappa shape index (κ2) is 16.2. The molecule has 0 amide bonds. The molecule has 0 spiro atoms. The highest BCUT2D eigenvalue weighted by molar-refractivity contribution is 6.00. The molecular weight excluding hydrogens is 618 g/mol. The number of likely N-dealkylation sites (N-methyl/N-ethyl adjacent to an activating group) is 1. The first-order valence-electron chi connectivity index (χ1n) is 16.9. The van der Waals surface area contributed by atoms with Crippen molar-refractivity contribution in [3.05, 3.63) is 47.5 Å². The van der Waals surface area contributed by atoms with Crippen molar-refractivity contribution < 1.29 is 48.0 Å². The fraction of sp³-hybridized carbons (Fsp3) is 0.676. The van der Waals surface area contributed by atoms with Gasteiger partial charge in [0, 0.05) is 18.9 Å². The number of Topliss-reactive ketones (excluding diaryl/α,β-unsaturated/α-hetero) is 2. The van der Waals surface area contributed by atoms with Crippen LogP contribution in [0.2, 0.25) is 0 Å². The summed E-state index contributed by atoms with van der Waals surface area (Å²) in [5, 5.41) is 11.3. The number of esters is 2. The maximum atomic E-state index is 14.1. The molecule has 1 fully saturated rings. The molecule has 0 radical (unpaired) electrons. The monoisotopic (exact) mass is 673 g/mol. The number of hydrogen-bond donors (Lipinski definition) is 1. The topological polar surface area (TPSA) is 138 Å². The zero-order valence-electron chi connectivity index (χ0n) is 30.4. The first kappa shape index (κ1) is 39.5. The van der Waals surface area contributed by atoms with Gasteiger partial charge in [0.05, 0.1) is 29.4 Å². The molecule has 11 atom stereocenters. The Morgan fingerprint density at radius 3 is 2.25 bits per heavy atom. The van der Waals surface area contributed by atoms with Crippen LogP contribution in [0, 0.1) is 17.8 Å². The van der Waals surface area contributed by atoms with Crippen molar-refractivity contribution in [3.8, 4) is 0 Å². The third-order valence-electron chi connectivity index (χ3n) is 9.87. The molecular formula is C37H55NO10. The summed E-state index contributed by atoms with van der Waals surface area (Å²) in [6.07, 6.45) is -2.04. The van der Waals surface area contributed by atoms with Crippen molar-refractivity contribution in [3.63, 3.8) is 0 Å². The lowest BCUT2D eigenvalue weighted by Crippen LogP contribution is -2.60. The second-order valence-corrected chi connectivity index (χ2v) is 14.2. The van der Waals surface area contributed by atoms with Crippen LogP contribution in [0.3, 0.4) is 0 Å². The van der Waals surface area contributed by atoms with Gasteiger partial charge in [0.2, 0.25) is 0 Å². The maximum absolute atomic E-state index is 14.1. The molecule has 0 bridgehead atoms. The van der Waals surface area contributed by atoms with Gasteiger partial charge in [-0.05, 0) is 91.8 Å². The van der Waals surface area contributed by atoms with E-state index in [9.17, 15) is 24.3 Å². The van der Waals surface area contributed by atoms with Crippen molar-refractivity contribution in [1.82, 2.24) is 4.90 Å². The number of cyclic esters (lactones) is 1. The van der Waals surface area contributed by atoms with Gasteiger partial charge in [-0.1, -0.05) is 39.0 Å². The van der Waals surface area contributed by atoms with E-state index in [0.29, 0.717) is 17.6 Å². The molecule has 1 saturated heterocycles. The largest absolute Gasteiger partial charge is 0.458 e. The minimum atomic E-state index is -1.65. The highest BCUT2D eigenvalue weighted by atomic mass is 16.7. The van der Waals surface area contributed by atoms with E-state index in [2.05, 4.69) is 0 Å². The molecule has 2 aliphatic heterocycles. The normalized spacial score (nSPS) is 38.5. The van der Waals surface area contributed by atoms with Crippen molar-refractivity contribution in [2.45, 2.75) is 123 Å². The van der Waals surface area contributed by atoms with Crippen LogP contribution in [-0.4, -0.2) is 103 Å². The number of aliphatic hydroxyl groups is 1. The Hall–Kier alpha value is -2.96. The number of carbonyl (C=O) groups is 4. The predicted octanol–water partition coefficient (Wildman–Crippen LogP) is 4.54. The standard InChI is InChI=1S/C37H55NO10/c1-12-28-36(7,43)19-21(2)29(39)22(3)20-37(8,44-11)32(24(5)30(40)25(6)33(41)46-28)48-35-31(27(38(9)10)18-23(4)45-35)47-34(42)26-16-14-13-15-17-26/h13-17,19,22-25,27-28,31-32,35,43H,12,18,20H2,1-11H3/b21-19+/t22-,23-,24+,25-,27+,28+,31-,32-,35+,36+,37+/m1/s1. The van der Waals surface area contributed by atoms with E-state index in [1.54, 1.807) is 65.0 Å². The fourth-order valence-electron chi connectivity index (χ4n) is 6.99. The smallest absolute Gasteiger partial charge is 0.338 e. The average molecular weight is 674 g/mol. The van der Waals surface area contributed by atoms with Gasteiger partial charge < -0.3 is 33.7 Å². The number of benzene rings is 1. The first-order chi connectivity index (χ1) is 22.4. The van der Waals surface area contributed by atoms with E-state index in [4.69, 9.17) is 23.7 Å². The Bertz CT molecular complexity index is 1330. The van der Waals surface area contributed by atoms with Crippen LogP contribution >= 0.6 is 0 Å².